The van der Waals surface area contributed by atoms with Crippen LogP contribution in [0.3, 0.4) is 0 Å². The van der Waals surface area contributed by atoms with Crippen molar-refractivity contribution in [2.24, 2.45) is 0 Å². The molecule has 0 radical (unpaired) electrons. The van der Waals surface area contributed by atoms with E-state index in [9.17, 15) is 13.6 Å². The first-order chi connectivity index (χ1) is 14.6. The first kappa shape index (κ1) is 19.4. The fraction of sp³-hybridized carbons (Fsp3) is 0.0870. The van der Waals surface area contributed by atoms with Crippen molar-refractivity contribution in [3.05, 3.63) is 90.3 Å². The fourth-order valence-corrected chi connectivity index (χ4v) is 3.03. The molecule has 0 atom stereocenters. The summed E-state index contributed by atoms with van der Waals surface area (Å²) in [4.78, 5) is 16.7. The molecule has 0 saturated heterocycles. The van der Waals surface area contributed by atoms with E-state index in [1.54, 1.807) is 30.3 Å². The number of rotatable bonds is 6. The largest absolute Gasteiger partial charge is 0.339 e. The van der Waals surface area contributed by atoms with E-state index in [2.05, 4.69) is 15.5 Å². The minimum atomic E-state index is -0.841. The number of anilines is 1. The zero-order chi connectivity index (χ0) is 20.9. The Morgan fingerprint density at radius 3 is 2.30 bits per heavy atom. The number of halogens is 2. The molecule has 7 heteroatoms. The lowest BCUT2D eigenvalue weighted by Crippen LogP contribution is -2.14. The monoisotopic (exact) mass is 405 g/mol. The highest BCUT2D eigenvalue weighted by Crippen LogP contribution is 2.31. The maximum absolute atomic E-state index is 14.4. The van der Waals surface area contributed by atoms with Crippen LogP contribution in [0.4, 0.5) is 14.5 Å². The summed E-state index contributed by atoms with van der Waals surface area (Å²) >= 11 is 0. The van der Waals surface area contributed by atoms with Crippen molar-refractivity contribution in [2.45, 2.75) is 12.8 Å². The van der Waals surface area contributed by atoms with Crippen LogP contribution in [0.1, 0.15) is 12.3 Å². The summed E-state index contributed by atoms with van der Waals surface area (Å²) in [5, 5.41) is 6.45. The van der Waals surface area contributed by atoms with Crippen molar-refractivity contribution >= 4 is 11.6 Å². The van der Waals surface area contributed by atoms with Gasteiger partial charge in [-0.1, -0.05) is 65.8 Å². The summed E-state index contributed by atoms with van der Waals surface area (Å²) in [5.41, 5.74) is 1.60. The molecule has 3 aromatic carbocycles. The van der Waals surface area contributed by atoms with Gasteiger partial charge in [0, 0.05) is 30.0 Å². The lowest BCUT2D eigenvalue weighted by molar-refractivity contribution is -0.116. The van der Waals surface area contributed by atoms with Gasteiger partial charge >= 0.3 is 0 Å². The third kappa shape index (κ3) is 4.41. The van der Waals surface area contributed by atoms with Crippen LogP contribution in [-0.2, 0) is 11.2 Å². The molecule has 0 spiro atoms. The number of aryl methyl sites for hydroxylation is 1. The number of benzene rings is 3. The number of nitrogens with one attached hydrogen (secondary N) is 1. The zero-order valence-corrected chi connectivity index (χ0v) is 15.8. The maximum Gasteiger partial charge on any atom is 0.227 e. The van der Waals surface area contributed by atoms with Crippen molar-refractivity contribution in [2.75, 3.05) is 5.32 Å². The third-order valence-corrected chi connectivity index (χ3v) is 4.47. The SMILES string of the molecule is O=C(CCc1nc(-c2ccccc2)no1)Nc1c(F)cc(F)cc1-c1ccccc1. The Kier molecular flexibility index (Phi) is 5.61. The Morgan fingerprint density at radius 2 is 1.60 bits per heavy atom. The number of carbonyl (C=O) groups is 1. The molecular weight excluding hydrogens is 388 g/mol. The first-order valence-corrected chi connectivity index (χ1v) is 9.32. The van der Waals surface area contributed by atoms with E-state index in [1.807, 2.05) is 30.3 Å². The topological polar surface area (TPSA) is 68.0 Å². The van der Waals surface area contributed by atoms with Gasteiger partial charge in [0.15, 0.2) is 0 Å². The molecule has 4 rings (SSSR count). The van der Waals surface area contributed by atoms with Gasteiger partial charge in [-0.25, -0.2) is 8.78 Å². The summed E-state index contributed by atoms with van der Waals surface area (Å²) in [7, 11) is 0. The molecule has 0 bridgehead atoms. The van der Waals surface area contributed by atoms with Gasteiger partial charge in [0.05, 0.1) is 5.69 Å². The van der Waals surface area contributed by atoms with E-state index in [-0.39, 0.29) is 24.1 Å². The van der Waals surface area contributed by atoms with Gasteiger partial charge in [0.25, 0.3) is 0 Å². The van der Waals surface area contributed by atoms with Crippen LogP contribution in [0.15, 0.2) is 77.3 Å². The number of hydrogen-bond donors (Lipinski definition) is 1. The van der Waals surface area contributed by atoms with Gasteiger partial charge in [-0.3, -0.25) is 4.79 Å². The third-order valence-electron chi connectivity index (χ3n) is 4.47. The number of carbonyl (C=O) groups excluding carboxylic acids is 1. The molecule has 1 amide bonds. The first-order valence-electron chi connectivity index (χ1n) is 9.32. The van der Waals surface area contributed by atoms with Gasteiger partial charge in [-0.2, -0.15) is 4.98 Å². The van der Waals surface area contributed by atoms with Gasteiger partial charge in [-0.15, -0.1) is 0 Å². The quantitative estimate of drug-likeness (QED) is 0.476. The van der Waals surface area contributed by atoms with E-state index in [1.165, 1.54) is 6.07 Å². The molecule has 4 aromatic rings. The van der Waals surface area contributed by atoms with Gasteiger partial charge in [0.1, 0.15) is 11.6 Å². The van der Waals surface area contributed by atoms with Crippen LogP contribution in [0.5, 0.6) is 0 Å². The van der Waals surface area contributed by atoms with Gasteiger partial charge < -0.3 is 9.84 Å². The Labute approximate surface area is 171 Å². The molecule has 0 unspecified atom stereocenters. The minimum absolute atomic E-state index is 0.00146. The van der Waals surface area contributed by atoms with Crippen LogP contribution in [-0.4, -0.2) is 16.0 Å². The van der Waals surface area contributed by atoms with Gasteiger partial charge in [-0.05, 0) is 11.6 Å². The van der Waals surface area contributed by atoms with Gasteiger partial charge in [0.2, 0.25) is 17.6 Å². The smallest absolute Gasteiger partial charge is 0.227 e. The van der Waals surface area contributed by atoms with Crippen LogP contribution in [0, 0.1) is 11.6 Å². The molecule has 0 aliphatic rings. The average Bonchev–Trinajstić information content (AvgIpc) is 3.24. The Hall–Kier alpha value is -3.87. The van der Waals surface area contributed by atoms with Crippen LogP contribution >= 0.6 is 0 Å². The predicted octanol–water partition coefficient (Wildman–Crippen LogP) is 5.25. The standard InChI is InChI=1S/C23H17F2N3O2/c24-17-13-18(15-7-3-1-4-8-15)22(19(25)14-17)26-20(29)11-12-21-27-23(28-30-21)16-9-5-2-6-10-16/h1-10,13-14H,11-12H2,(H,26,29). The molecule has 0 saturated carbocycles. The van der Waals surface area contributed by atoms with E-state index >= 15 is 0 Å². The Bertz CT molecular complexity index is 1160. The van der Waals surface area contributed by atoms with E-state index in [0.717, 1.165) is 11.6 Å². The second-order valence-corrected chi connectivity index (χ2v) is 6.60. The molecule has 1 N–H and O–H groups in total. The molecule has 0 aliphatic carbocycles. The van der Waals surface area contributed by atoms with Crippen LogP contribution < -0.4 is 5.32 Å². The minimum Gasteiger partial charge on any atom is -0.339 e. The van der Waals surface area contributed by atoms with Crippen molar-refractivity contribution in [3.8, 4) is 22.5 Å². The molecule has 5 nitrogen and oxygen atoms in total. The maximum atomic E-state index is 14.4. The summed E-state index contributed by atoms with van der Waals surface area (Å²) in [6.45, 7) is 0. The summed E-state index contributed by atoms with van der Waals surface area (Å²) < 4.78 is 33.4. The lowest BCUT2D eigenvalue weighted by atomic mass is 10.0. The highest BCUT2D eigenvalue weighted by atomic mass is 19.1. The van der Waals surface area contributed by atoms with E-state index in [0.29, 0.717) is 17.3 Å². The van der Waals surface area contributed by atoms with Crippen molar-refractivity contribution in [1.82, 2.24) is 10.1 Å². The molecule has 150 valence electrons. The Balaban J connectivity index is 1.47. The normalized spacial score (nSPS) is 10.7. The summed E-state index contributed by atoms with van der Waals surface area (Å²) in [5.74, 6) is -1.28. The highest BCUT2D eigenvalue weighted by Gasteiger charge is 2.17. The van der Waals surface area contributed by atoms with Crippen molar-refractivity contribution < 1.29 is 18.1 Å². The molecular formula is C23H17F2N3O2. The van der Waals surface area contributed by atoms with Crippen molar-refractivity contribution in [3.63, 3.8) is 0 Å². The summed E-state index contributed by atoms with van der Waals surface area (Å²) in [6.07, 6.45) is 0.191. The van der Waals surface area contributed by atoms with Crippen molar-refractivity contribution in [1.29, 1.82) is 0 Å². The van der Waals surface area contributed by atoms with Crippen LogP contribution in [0.25, 0.3) is 22.5 Å². The van der Waals surface area contributed by atoms with E-state index < -0.39 is 17.5 Å². The molecule has 0 aliphatic heterocycles. The molecule has 0 fully saturated rings. The van der Waals surface area contributed by atoms with Crippen LogP contribution in [0.2, 0.25) is 0 Å². The average molecular weight is 405 g/mol. The second kappa shape index (κ2) is 8.65. The fourth-order valence-electron chi connectivity index (χ4n) is 3.03. The zero-order valence-electron chi connectivity index (χ0n) is 15.8. The number of hydrogen-bond acceptors (Lipinski definition) is 4. The van der Waals surface area contributed by atoms with E-state index in [4.69, 9.17) is 4.52 Å². The summed E-state index contributed by atoms with van der Waals surface area (Å²) in [6, 6.07) is 20.0. The highest BCUT2D eigenvalue weighted by molar-refractivity contribution is 5.95. The predicted molar refractivity (Wildman–Crippen MR) is 108 cm³/mol. The molecule has 30 heavy (non-hydrogen) atoms. The number of nitrogens with zero attached hydrogens (tertiary/aromatic N) is 2. The lowest BCUT2D eigenvalue weighted by Gasteiger charge is -2.12. The molecule has 1 heterocycles. The number of aromatic nitrogens is 2. The molecule has 1 aromatic heterocycles. The number of amides is 1. The Morgan fingerprint density at radius 1 is 0.933 bits per heavy atom. The second-order valence-electron chi connectivity index (χ2n) is 6.60.